The molecule has 2 rings (SSSR count). The van der Waals surface area contributed by atoms with Crippen LogP contribution in [0.25, 0.3) is 0 Å². The number of halogens is 2. The predicted molar refractivity (Wildman–Crippen MR) is 63.5 cm³/mol. The van der Waals surface area contributed by atoms with Gasteiger partial charge in [0.05, 0.1) is 5.69 Å². The highest BCUT2D eigenvalue weighted by Gasteiger charge is 2.07. The minimum absolute atomic E-state index is 0. The lowest BCUT2D eigenvalue weighted by Crippen LogP contribution is -2.09. The molecule has 0 amide bonds. The second kappa shape index (κ2) is 5.37. The van der Waals surface area contributed by atoms with Crippen LogP contribution in [0.1, 0.15) is 5.56 Å². The standard InChI is InChI=1S/C8H8N2S.2ClH/c9-8-10-7-4-2-1-3-6(7)5-11-8;;/h1-4H,5H2,(H2,9,10);2*1H. The van der Waals surface area contributed by atoms with E-state index in [1.165, 1.54) is 5.56 Å². The van der Waals surface area contributed by atoms with Gasteiger partial charge in [0.1, 0.15) is 0 Å². The molecule has 72 valence electrons. The minimum Gasteiger partial charge on any atom is -0.378 e. The molecule has 0 spiro atoms. The van der Waals surface area contributed by atoms with Gasteiger partial charge in [-0.1, -0.05) is 30.0 Å². The first-order chi connectivity index (χ1) is 5.36. The van der Waals surface area contributed by atoms with E-state index < -0.39 is 0 Å². The second-order valence-corrected chi connectivity index (χ2v) is 3.36. The normalized spacial score (nSPS) is 13.1. The third kappa shape index (κ3) is 2.79. The van der Waals surface area contributed by atoms with Crippen molar-refractivity contribution in [1.29, 1.82) is 0 Å². The molecule has 2 nitrogen and oxygen atoms in total. The van der Waals surface area contributed by atoms with Gasteiger partial charge >= 0.3 is 0 Å². The number of para-hydroxylation sites is 1. The van der Waals surface area contributed by atoms with Crippen LogP contribution in [-0.4, -0.2) is 5.17 Å². The van der Waals surface area contributed by atoms with Crippen molar-refractivity contribution in [3.8, 4) is 0 Å². The fourth-order valence-electron chi connectivity index (χ4n) is 1.04. The van der Waals surface area contributed by atoms with Gasteiger partial charge in [-0.2, -0.15) is 0 Å². The van der Waals surface area contributed by atoms with Gasteiger partial charge in [0.2, 0.25) is 0 Å². The summed E-state index contributed by atoms with van der Waals surface area (Å²) in [6.07, 6.45) is 0. The third-order valence-electron chi connectivity index (χ3n) is 1.60. The molecule has 0 unspecified atom stereocenters. The molecule has 0 bridgehead atoms. The average molecular weight is 237 g/mol. The number of nitrogens with two attached hydrogens (primary N) is 1. The molecule has 1 aromatic rings. The SMILES string of the molecule is Cl.Cl.NC1=Nc2ccccc2CS1. The molecule has 0 radical (unpaired) electrons. The topological polar surface area (TPSA) is 38.4 Å². The Bertz CT molecular complexity index is 315. The lowest BCUT2D eigenvalue weighted by atomic mass is 10.2. The largest absolute Gasteiger partial charge is 0.378 e. The number of aliphatic imine (C=N–C) groups is 1. The van der Waals surface area contributed by atoms with Crippen molar-refractivity contribution in [2.24, 2.45) is 10.7 Å². The van der Waals surface area contributed by atoms with Crippen LogP contribution in [0.4, 0.5) is 5.69 Å². The van der Waals surface area contributed by atoms with E-state index in [2.05, 4.69) is 11.1 Å². The molecule has 0 fully saturated rings. The van der Waals surface area contributed by atoms with E-state index in [1.807, 2.05) is 18.2 Å². The molecule has 2 N–H and O–H groups in total. The van der Waals surface area contributed by atoms with Crippen molar-refractivity contribution < 1.29 is 0 Å². The fourth-order valence-corrected chi connectivity index (χ4v) is 1.76. The van der Waals surface area contributed by atoms with Crippen molar-refractivity contribution in [2.45, 2.75) is 5.75 Å². The van der Waals surface area contributed by atoms with Crippen LogP contribution < -0.4 is 5.73 Å². The number of nitrogens with zero attached hydrogens (tertiary/aromatic N) is 1. The minimum atomic E-state index is 0. The number of rotatable bonds is 0. The first kappa shape index (κ1) is 12.6. The summed E-state index contributed by atoms with van der Waals surface area (Å²) in [5, 5.41) is 0.670. The van der Waals surface area contributed by atoms with Crippen LogP contribution in [0.2, 0.25) is 0 Å². The van der Waals surface area contributed by atoms with Gasteiger partial charge in [-0.3, -0.25) is 0 Å². The Kier molecular flexibility index (Phi) is 5.21. The quantitative estimate of drug-likeness (QED) is 0.753. The summed E-state index contributed by atoms with van der Waals surface area (Å²) >= 11 is 1.59. The summed E-state index contributed by atoms with van der Waals surface area (Å²) < 4.78 is 0. The van der Waals surface area contributed by atoms with Crippen LogP contribution in [-0.2, 0) is 5.75 Å². The highest BCUT2D eigenvalue weighted by atomic mass is 35.5. The van der Waals surface area contributed by atoms with Gasteiger partial charge in [-0.25, -0.2) is 4.99 Å². The molecule has 0 atom stereocenters. The Morgan fingerprint density at radius 2 is 1.92 bits per heavy atom. The maximum absolute atomic E-state index is 5.56. The third-order valence-corrected chi connectivity index (χ3v) is 2.44. The zero-order valence-electron chi connectivity index (χ0n) is 6.77. The van der Waals surface area contributed by atoms with Crippen molar-refractivity contribution in [3.63, 3.8) is 0 Å². The van der Waals surface area contributed by atoms with Gasteiger partial charge in [0, 0.05) is 5.75 Å². The fraction of sp³-hybridized carbons (Fsp3) is 0.125. The van der Waals surface area contributed by atoms with Crippen LogP contribution in [0.15, 0.2) is 29.3 Å². The maximum atomic E-state index is 5.56. The molecule has 5 heteroatoms. The van der Waals surface area contributed by atoms with Crippen LogP contribution in [0.3, 0.4) is 0 Å². The lowest BCUT2D eigenvalue weighted by molar-refractivity contribution is 1.34. The lowest BCUT2D eigenvalue weighted by Gasteiger charge is -2.10. The monoisotopic (exact) mass is 236 g/mol. The molecule has 1 aromatic carbocycles. The zero-order chi connectivity index (χ0) is 7.68. The van der Waals surface area contributed by atoms with E-state index >= 15 is 0 Å². The number of fused-ring (bicyclic) bond motifs is 1. The van der Waals surface area contributed by atoms with Gasteiger partial charge in [-0.15, -0.1) is 24.8 Å². The summed E-state index contributed by atoms with van der Waals surface area (Å²) in [7, 11) is 0. The van der Waals surface area contributed by atoms with Crippen molar-refractivity contribution in [2.75, 3.05) is 0 Å². The smallest absolute Gasteiger partial charge is 0.159 e. The summed E-state index contributed by atoms with van der Waals surface area (Å²) in [5.74, 6) is 0.950. The zero-order valence-corrected chi connectivity index (χ0v) is 9.22. The Morgan fingerprint density at radius 1 is 1.23 bits per heavy atom. The van der Waals surface area contributed by atoms with Gasteiger partial charge in [0.25, 0.3) is 0 Å². The van der Waals surface area contributed by atoms with E-state index in [0.29, 0.717) is 5.17 Å². The molecule has 0 aromatic heterocycles. The van der Waals surface area contributed by atoms with Gasteiger partial charge < -0.3 is 5.73 Å². The van der Waals surface area contributed by atoms with Crippen molar-refractivity contribution >= 4 is 47.4 Å². The van der Waals surface area contributed by atoms with E-state index in [9.17, 15) is 0 Å². The molecule has 0 saturated carbocycles. The average Bonchev–Trinajstić information content (AvgIpc) is 2.04. The molecule has 13 heavy (non-hydrogen) atoms. The summed E-state index contributed by atoms with van der Waals surface area (Å²) in [6, 6.07) is 8.07. The second-order valence-electron chi connectivity index (χ2n) is 2.37. The molecule has 1 heterocycles. The highest BCUT2D eigenvalue weighted by molar-refractivity contribution is 8.13. The summed E-state index contributed by atoms with van der Waals surface area (Å²) in [4.78, 5) is 4.20. The predicted octanol–water partition coefficient (Wildman–Crippen LogP) is 2.72. The van der Waals surface area contributed by atoms with E-state index in [1.54, 1.807) is 11.8 Å². The molecular weight excluding hydrogens is 227 g/mol. The number of benzene rings is 1. The van der Waals surface area contributed by atoms with Crippen LogP contribution >= 0.6 is 36.6 Å². The Labute approximate surface area is 93.8 Å². The summed E-state index contributed by atoms with van der Waals surface area (Å²) in [5.41, 5.74) is 7.85. The molecule has 0 aliphatic carbocycles. The first-order valence-corrected chi connectivity index (χ1v) is 4.40. The maximum Gasteiger partial charge on any atom is 0.159 e. The molecule has 1 aliphatic heterocycles. The van der Waals surface area contributed by atoms with Gasteiger partial charge in [0.15, 0.2) is 5.17 Å². The van der Waals surface area contributed by atoms with E-state index in [4.69, 9.17) is 5.73 Å². The first-order valence-electron chi connectivity index (χ1n) is 3.41. The van der Waals surface area contributed by atoms with E-state index in [0.717, 1.165) is 11.4 Å². The molecular formula is C8H10Cl2N2S. The van der Waals surface area contributed by atoms with Crippen molar-refractivity contribution in [1.82, 2.24) is 0 Å². The van der Waals surface area contributed by atoms with Gasteiger partial charge in [-0.05, 0) is 11.6 Å². The number of hydrogen-bond donors (Lipinski definition) is 1. The number of hydrogen-bond acceptors (Lipinski definition) is 3. The Balaban J connectivity index is 0.000000720. The molecule has 1 aliphatic rings. The molecule has 0 saturated heterocycles. The Morgan fingerprint density at radius 3 is 2.69 bits per heavy atom. The Hall–Kier alpha value is -0.380. The summed E-state index contributed by atoms with van der Waals surface area (Å²) in [6.45, 7) is 0. The van der Waals surface area contributed by atoms with Crippen LogP contribution in [0, 0.1) is 0 Å². The number of amidine groups is 1. The van der Waals surface area contributed by atoms with Crippen molar-refractivity contribution in [3.05, 3.63) is 29.8 Å². The highest BCUT2D eigenvalue weighted by Crippen LogP contribution is 2.28. The van der Waals surface area contributed by atoms with Crippen LogP contribution in [0.5, 0.6) is 0 Å². The van der Waals surface area contributed by atoms with E-state index in [-0.39, 0.29) is 24.8 Å². The number of thioether (sulfide) groups is 1.